The molecule has 0 saturated heterocycles. The maximum atomic E-state index is 6.81. The number of rotatable bonds is 6. The highest BCUT2D eigenvalue weighted by Gasteiger charge is 2.22. The third-order valence-electron chi connectivity index (χ3n) is 10.9. The van der Waals surface area contributed by atoms with Crippen LogP contribution in [0.5, 0.6) is 0 Å². The molecule has 0 aliphatic carbocycles. The number of hydrogen-bond donors (Lipinski definition) is 0. The minimum atomic E-state index is 0.837. The van der Waals surface area contributed by atoms with E-state index in [9.17, 15) is 0 Å². The van der Waals surface area contributed by atoms with Crippen molar-refractivity contribution >= 4 is 71.7 Å². The van der Waals surface area contributed by atoms with Crippen LogP contribution < -0.4 is 4.90 Å². The van der Waals surface area contributed by atoms with Crippen molar-refractivity contribution in [3.8, 4) is 33.4 Å². The molecule has 9 aromatic carbocycles. The third-order valence-corrected chi connectivity index (χ3v) is 10.9. The lowest BCUT2D eigenvalue weighted by Crippen LogP contribution is -2.10. The van der Waals surface area contributed by atoms with E-state index in [1.54, 1.807) is 0 Å². The Morgan fingerprint density at radius 2 is 0.964 bits per heavy atom. The Kier molecular flexibility index (Phi) is 7.17. The van der Waals surface area contributed by atoms with E-state index in [2.05, 4.69) is 205 Å². The first-order chi connectivity index (χ1) is 27.3. The molecule has 2 aromatic heterocycles. The van der Waals surface area contributed by atoms with Crippen molar-refractivity contribution in [2.24, 2.45) is 0 Å². The third kappa shape index (κ3) is 5.13. The standard InChI is InChI=1S/C52H33NO2/c1-3-14-34(15-4-1)39-20-9-10-22-41(39)36-28-30-48-45(32-36)44-25-12-26-47(52(44)55-48)53(37-18-5-2-6-19-37)38-29-31-49-46(33-38)51-43(24-13-27-50(51)54-49)42-23-11-17-35-16-7-8-21-40(35)42/h1-33H. The normalized spacial score (nSPS) is 11.6. The average molecular weight is 704 g/mol. The van der Waals surface area contributed by atoms with Gasteiger partial charge in [0.1, 0.15) is 16.7 Å². The van der Waals surface area contributed by atoms with Gasteiger partial charge in [-0.2, -0.15) is 0 Å². The molecule has 258 valence electrons. The van der Waals surface area contributed by atoms with Crippen LogP contribution in [0.25, 0.3) is 88.0 Å². The van der Waals surface area contributed by atoms with E-state index in [1.807, 2.05) is 0 Å². The molecule has 11 rings (SSSR count). The summed E-state index contributed by atoms with van der Waals surface area (Å²) in [4.78, 5) is 2.30. The lowest BCUT2D eigenvalue weighted by atomic mass is 9.94. The molecule has 11 aromatic rings. The molecule has 0 aliphatic heterocycles. The van der Waals surface area contributed by atoms with E-state index in [0.29, 0.717) is 0 Å². The van der Waals surface area contributed by atoms with Gasteiger partial charge in [0.2, 0.25) is 0 Å². The number of nitrogens with zero attached hydrogens (tertiary/aromatic N) is 1. The second-order valence-corrected chi connectivity index (χ2v) is 14.0. The average Bonchev–Trinajstić information content (AvgIpc) is 3.83. The Hall–Kier alpha value is -7.36. The van der Waals surface area contributed by atoms with Gasteiger partial charge in [0.05, 0.1) is 5.69 Å². The highest BCUT2D eigenvalue weighted by molar-refractivity contribution is 6.17. The van der Waals surface area contributed by atoms with Gasteiger partial charge in [-0.05, 0) is 98.8 Å². The summed E-state index contributed by atoms with van der Waals surface area (Å²) in [5.41, 5.74) is 13.5. The number of fused-ring (bicyclic) bond motifs is 7. The minimum absolute atomic E-state index is 0.837. The first-order valence-corrected chi connectivity index (χ1v) is 18.7. The highest BCUT2D eigenvalue weighted by Crippen LogP contribution is 2.46. The summed E-state index contributed by atoms with van der Waals surface area (Å²) < 4.78 is 13.3. The van der Waals surface area contributed by atoms with E-state index < -0.39 is 0 Å². The van der Waals surface area contributed by atoms with Crippen LogP contribution in [0.2, 0.25) is 0 Å². The van der Waals surface area contributed by atoms with Crippen LogP contribution in [0.15, 0.2) is 209 Å². The summed E-state index contributed by atoms with van der Waals surface area (Å²) in [6.07, 6.45) is 0. The molecule has 55 heavy (non-hydrogen) atoms. The number of para-hydroxylation sites is 2. The second kappa shape index (κ2) is 12.6. The van der Waals surface area contributed by atoms with Gasteiger partial charge in [0, 0.05) is 32.9 Å². The van der Waals surface area contributed by atoms with E-state index in [4.69, 9.17) is 8.83 Å². The number of anilines is 3. The second-order valence-electron chi connectivity index (χ2n) is 14.0. The fourth-order valence-electron chi connectivity index (χ4n) is 8.37. The van der Waals surface area contributed by atoms with Crippen molar-refractivity contribution in [2.45, 2.75) is 0 Å². The van der Waals surface area contributed by atoms with Gasteiger partial charge in [0.15, 0.2) is 5.58 Å². The van der Waals surface area contributed by atoms with Crippen molar-refractivity contribution in [1.29, 1.82) is 0 Å². The smallest absolute Gasteiger partial charge is 0.159 e. The van der Waals surface area contributed by atoms with Gasteiger partial charge in [-0.1, -0.05) is 146 Å². The van der Waals surface area contributed by atoms with E-state index in [1.165, 1.54) is 33.0 Å². The lowest BCUT2D eigenvalue weighted by molar-refractivity contribution is 0.669. The molecule has 0 saturated carbocycles. The summed E-state index contributed by atoms with van der Waals surface area (Å²) in [7, 11) is 0. The van der Waals surface area contributed by atoms with Gasteiger partial charge in [-0.15, -0.1) is 0 Å². The van der Waals surface area contributed by atoms with Gasteiger partial charge in [-0.3, -0.25) is 0 Å². The van der Waals surface area contributed by atoms with Crippen molar-refractivity contribution in [2.75, 3.05) is 4.90 Å². The maximum absolute atomic E-state index is 6.81. The quantitative estimate of drug-likeness (QED) is 0.173. The van der Waals surface area contributed by atoms with Crippen LogP contribution in [0.3, 0.4) is 0 Å². The molecule has 0 atom stereocenters. The van der Waals surface area contributed by atoms with E-state index in [0.717, 1.165) is 72.1 Å². The van der Waals surface area contributed by atoms with E-state index in [-0.39, 0.29) is 0 Å². The van der Waals surface area contributed by atoms with Crippen molar-refractivity contribution < 1.29 is 8.83 Å². The van der Waals surface area contributed by atoms with Crippen molar-refractivity contribution in [3.05, 3.63) is 200 Å². The summed E-state index contributed by atoms with van der Waals surface area (Å²) in [6, 6.07) is 70.7. The predicted molar refractivity (Wildman–Crippen MR) is 229 cm³/mol. The minimum Gasteiger partial charge on any atom is -0.456 e. The Bertz CT molecular complexity index is 3200. The number of hydrogen-bond acceptors (Lipinski definition) is 3. The van der Waals surface area contributed by atoms with Gasteiger partial charge >= 0.3 is 0 Å². The molecule has 3 heteroatoms. The zero-order valence-electron chi connectivity index (χ0n) is 29.8. The molecule has 0 fully saturated rings. The molecule has 3 nitrogen and oxygen atoms in total. The molecular formula is C52H33NO2. The van der Waals surface area contributed by atoms with Gasteiger partial charge in [0.25, 0.3) is 0 Å². The zero-order valence-corrected chi connectivity index (χ0v) is 29.8. The Morgan fingerprint density at radius 1 is 0.327 bits per heavy atom. The SMILES string of the molecule is c1ccc(-c2ccccc2-c2ccc3oc4c(N(c5ccccc5)c5ccc6oc7cccc(-c8cccc9ccccc89)c7c6c5)cccc4c3c2)cc1. The molecule has 0 unspecified atom stereocenters. The Labute approximate surface area is 317 Å². The molecule has 0 N–H and O–H groups in total. The predicted octanol–water partition coefficient (Wildman–Crippen LogP) is 15.1. The van der Waals surface area contributed by atoms with E-state index >= 15 is 0 Å². The van der Waals surface area contributed by atoms with Crippen LogP contribution in [0.4, 0.5) is 17.1 Å². The molecule has 0 radical (unpaired) electrons. The largest absolute Gasteiger partial charge is 0.456 e. The topological polar surface area (TPSA) is 29.5 Å². The molecule has 0 aliphatic rings. The maximum Gasteiger partial charge on any atom is 0.159 e. The summed E-state index contributed by atoms with van der Waals surface area (Å²) in [6.45, 7) is 0. The van der Waals surface area contributed by atoms with Crippen LogP contribution >= 0.6 is 0 Å². The Balaban J connectivity index is 1.10. The fourth-order valence-corrected chi connectivity index (χ4v) is 8.37. The summed E-state index contributed by atoms with van der Waals surface area (Å²) >= 11 is 0. The summed E-state index contributed by atoms with van der Waals surface area (Å²) in [5, 5.41) is 6.76. The first kappa shape index (κ1) is 31.2. The van der Waals surface area contributed by atoms with Crippen LogP contribution in [-0.2, 0) is 0 Å². The summed E-state index contributed by atoms with van der Waals surface area (Å²) in [5.74, 6) is 0. The zero-order chi connectivity index (χ0) is 36.3. The molecule has 2 heterocycles. The number of furan rings is 2. The van der Waals surface area contributed by atoms with Crippen LogP contribution in [0.1, 0.15) is 0 Å². The van der Waals surface area contributed by atoms with Crippen molar-refractivity contribution in [1.82, 2.24) is 0 Å². The van der Waals surface area contributed by atoms with Gasteiger partial charge < -0.3 is 13.7 Å². The molecule has 0 amide bonds. The van der Waals surface area contributed by atoms with Crippen LogP contribution in [0, 0.1) is 0 Å². The monoisotopic (exact) mass is 703 g/mol. The van der Waals surface area contributed by atoms with Crippen LogP contribution in [-0.4, -0.2) is 0 Å². The van der Waals surface area contributed by atoms with Gasteiger partial charge in [-0.25, -0.2) is 0 Å². The first-order valence-electron chi connectivity index (χ1n) is 18.7. The number of benzene rings is 9. The fraction of sp³-hybridized carbons (Fsp3) is 0. The molecular weight excluding hydrogens is 671 g/mol. The molecule has 0 bridgehead atoms. The molecule has 0 spiro atoms. The highest BCUT2D eigenvalue weighted by atomic mass is 16.3. The van der Waals surface area contributed by atoms with Crippen molar-refractivity contribution in [3.63, 3.8) is 0 Å². The lowest BCUT2D eigenvalue weighted by Gasteiger charge is -2.25. The Morgan fingerprint density at radius 3 is 1.84 bits per heavy atom.